The van der Waals surface area contributed by atoms with Crippen LogP contribution in [0.4, 0.5) is 4.39 Å². The Morgan fingerprint density at radius 1 is 0.808 bits per heavy atom. The Kier molecular flexibility index (Phi) is 5.56. The van der Waals surface area contributed by atoms with Crippen molar-refractivity contribution < 1.29 is 14.4 Å². The van der Waals surface area contributed by atoms with Crippen LogP contribution in [0.1, 0.15) is 28.2 Å². The molecule has 3 aromatic carbocycles. The Morgan fingerprint density at radius 2 is 1.31 bits per heavy atom. The van der Waals surface area contributed by atoms with Crippen molar-refractivity contribution in [2.75, 3.05) is 0 Å². The first-order valence-electron chi connectivity index (χ1n) is 8.20. The van der Waals surface area contributed by atoms with Crippen LogP contribution in [-0.4, -0.2) is 11.1 Å². The van der Waals surface area contributed by atoms with E-state index in [9.17, 15) is 9.18 Å². The summed E-state index contributed by atoms with van der Waals surface area (Å²) in [5.41, 5.74) is 5.18. The second-order valence-corrected chi connectivity index (χ2v) is 5.87. The van der Waals surface area contributed by atoms with Crippen molar-refractivity contribution in [2.24, 2.45) is 0 Å². The summed E-state index contributed by atoms with van der Waals surface area (Å²) in [6, 6.07) is 23.0. The van der Waals surface area contributed by atoms with Crippen LogP contribution in [0.3, 0.4) is 0 Å². The molecule has 1 atom stereocenters. The van der Waals surface area contributed by atoms with Crippen LogP contribution in [0.2, 0.25) is 0 Å². The van der Waals surface area contributed by atoms with Crippen molar-refractivity contribution in [3.63, 3.8) is 0 Å². The molecule has 1 amide bonds. The molecule has 0 fully saturated rings. The second-order valence-electron chi connectivity index (χ2n) is 5.87. The molecular formula is C22H18FNO2. The number of carbonyl (C=O) groups is 1. The molecule has 26 heavy (non-hydrogen) atoms. The van der Waals surface area contributed by atoms with Crippen molar-refractivity contribution in [3.05, 3.63) is 107 Å². The minimum Gasteiger partial charge on any atom is -0.289 e. The van der Waals surface area contributed by atoms with Gasteiger partial charge >= 0.3 is 0 Å². The highest BCUT2D eigenvalue weighted by atomic mass is 19.1. The summed E-state index contributed by atoms with van der Waals surface area (Å²) < 4.78 is 12.9. The highest BCUT2D eigenvalue weighted by molar-refractivity contribution is 5.86. The molecule has 4 heteroatoms. The van der Waals surface area contributed by atoms with Gasteiger partial charge in [-0.2, -0.15) is 0 Å². The summed E-state index contributed by atoms with van der Waals surface area (Å²) in [6.45, 7) is 0. The van der Waals surface area contributed by atoms with E-state index < -0.39 is 11.8 Å². The monoisotopic (exact) mass is 347 g/mol. The molecule has 0 spiro atoms. The van der Waals surface area contributed by atoms with Crippen LogP contribution in [0, 0.1) is 5.82 Å². The van der Waals surface area contributed by atoms with Crippen LogP contribution >= 0.6 is 0 Å². The van der Waals surface area contributed by atoms with E-state index in [2.05, 4.69) is 0 Å². The molecule has 3 rings (SSSR count). The van der Waals surface area contributed by atoms with E-state index in [4.69, 9.17) is 5.21 Å². The zero-order valence-corrected chi connectivity index (χ0v) is 14.0. The molecule has 0 bridgehead atoms. The molecule has 0 saturated heterocycles. The highest BCUT2D eigenvalue weighted by Crippen LogP contribution is 2.25. The largest absolute Gasteiger partial charge is 0.289 e. The fraction of sp³-hybridized carbons (Fsp3) is 0.0455. The third-order valence-electron chi connectivity index (χ3n) is 4.11. The molecule has 0 aromatic heterocycles. The minimum atomic E-state index is -0.587. The fourth-order valence-electron chi connectivity index (χ4n) is 2.77. The van der Waals surface area contributed by atoms with Gasteiger partial charge in [0.15, 0.2) is 0 Å². The number of hydrogen-bond donors (Lipinski definition) is 2. The van der Waals surface area contributed by atoms with Crippen LogP contribution in [0.5, 0.6) is 0 Å². The van der Waals surface area contributed by atoms with E-state index in [0.717, 1.165) is 22.3 Å². The summed E-state index contributed by atoms with van der Waals surface area (Å²) in [7, 11) is 0. The lowest BCUT2D eigenvalue weighted by Crippen LogP contribution is -2.27. The van der Waals surface area contributed by atoms with Crippen molar-refractivity contribution in [3.8, 4) is 0 Å². The zero-order valence-electron chi connectivity index (χ0n) is 14.0. The second kappa shape index (κ2) is 8.23. The number of hydrogen-bond acceptors (Lipinski definition) is 2. The smallest absolute Gasteiger partial charge is 0.255 e. The Hall–Kier alpha value is -3.24. The maximum Gasteiger partial charge on any atom is 0.255 e. The van der Waals surface area contributed by atoms with E-state index >= 15 is 0 Å². The van der Waals surface area contributed by atoms with Crippen LogP contribution in [-0.2, 0) is 4.79 Å². The van der Waals surface area contributed by atoms with Crippen LogP contribution in [0.15, 0.2) is 78.9 Å². The van der Waals surface area contributed by atoms with Gasteiger partial charge in [-0.1, -0.05) is 78.9 Å². The van der Waals surface area contributed by atoms with Crippen LogP contribution < -0.4 is 5.48 Å². The van der Waals surface area contributed by atoms with E-state index in [1.165, 1.54) is 12.1 Å². The standard InChI is InChI=1S/C22H18FNO2/c23-20-14-10-17(11-15-20)7-6-16-8-12-19(13-9-16)21(22(25)24-26)18-4-2-1-3-5-18/h1-15,21,26H,(H,24,25)/b7-6+. The SMILES string of the molecule is O=C(NO)C(c1ccccc1)c1ccc(/C=C/c2ccc(F)cc2)cc1. The summed E-state index contributed by atoms with van der Waals surface area (Å²) in [6.07, 6.45) is 3.81. The molecule has 0 aliphatic heterocycles. The van der Waals surface area contributed by atoms with Gasteiger partial charge < -0.3 is 0 Å². The Labute approximate surface area is 151 Å². The number of rotatable bonds is 5. The highest BCUT2D eigenvalue weighted by Gasteiger charge is 2.21. The van der Waals surface area contributed by atoms with Crippen molar-refractivity contribution in [1.82, 2.24) is 5.48 Å². The number of amides is 1. The van der Waals surface area contributed by atoms with Gasteiger partial charge in [-0.15, -0.1) is 0 Å². The first-order valence-corrected chi connectivity index (χ1v) is 8.20. The third kappa shape index (κ3) is 4.23. The molecule has 1 unspecified atom stereocenters. The molecule has 0 saturated carbocycles. The molecular weight excluding hydrogens is 329 g/mol. The number of carbonyl (C=O) groups excluding carboxylic acids is 1. The van der Waals surface area contributed by atoms with Gasteiger partial charge in [-0.25, -0.2) is 9.87 Å². The lowest BCUT2D eigenvalue weighted by molar-refractivity contribution is -0.129. The summed E-state index contributed by atoms with van der Waals surface area (Å²) in [4.78, 5) is 12.1. The number of hydroxylamine groups is 1. The van der Waals surface area contributed by atoms with Gasteiger partial charge in [0.25, 0.3) is 5.91 Å². The average molecular weight is 347 g/mol. The number of halogens is 1. The van der Waals surface area contributed by atoms with Gasteiger partial charge in [0.2, 0.25) is 0 Å². The molecule has 2 N–H and O–H groups in total. The average Bonchev–Trinajstić information content (AvgIpc) is 2.69. The summed E-state index contributed by atoms with van der Waals surface area (Å²) >= 11 is 0. The first-order chi connectivity index (χ1) is 12.7. The lowest BCUT2D eigenvalue weighted by atomic mass is 9.90. The van der Waals surface area contributed by atoms with Crippen molar-refractivity contribution in [2.45, 2.75) is 5.92 Å². The molecule has 0 aliphatic carbocycles. The molecule has 130 valence electrons. The predicted octanol–water partition coefficient (Wildman–Crippen LogP) is 4.63. The number of benzene rings is 3. The number of nitrogens with one attached hydrogen (secondary N) is 1. The zero-order chi connectivity index (χ0) is 18.4. The Morgan fingerprint density at radius 3 is 1.85 bits per heavy atom. The van der Waals surface area contributed by atoms with E-state index in [0.29, 0.717) is 0 Å². The molecule has 3 nitrogen and oxygen atoms in total. The third-order valence-corrected chi connectivity index (χ3v) is 4.11. The van der Waals surface area contributed by atoms with E-state index in [1.54, 1.807) is 17.6 Å². The minimum absolute atomic E-state index is 0.263. The maximum absolute atomic E-state index is 12.9. The molecule has 3 aromatic rings. The Bertz CT molecular complexity index is 888. The lowest BCUT2D eigenvalue weighted by Gasteiger charge is -2.16. The van der Waals surface area contributed by atoms with Gasteiger partial charge in [0.1, 0.15) is 5.82 Å². The summed E-state index contributed by atoms with van der Waals surface area (Å²) in [5.74, 6) is -1.33. The van der Waals surface area contributed by atoms with Crippen molar-refractivity contribution in [1.29, 1.82) is 0 Å². The quantitative estimate of drug-likeness (QED) is 0.401. The normalized spacial score (nSPS) is 12.1. The van der Waals surface area contributed by atoms with E-state index in [-0.39, 0.29) is 5.82 Å². The molecule has 0 aliphatic rings. The summed E-state index contributed by atoms with van der Waals surface area (Å²) in [5, 5.41) is 9.07. The Balaban J connectivity index is 1.82. The first kappa shape index (κ1) is 17.6. The molecule has 0 radical (unpaired) electrons. The van der Waals surface area contributed by atoms with Crippen molar-refractivity contribution >= 4 is 18.1 Å². The predicted molar refractivity (Wildman–Crippen MR) is 100.0 cm³/mol. The maximum atomic E-state index is 12.9. The van der Waals surface area contributed by atoms with Gasteiger partial charge in [-0.05, 0) is 34.4 Å². The van der Waals surface area contributed by atoms with Crippen LogP contribution in [0.25, 0.3) is 12.2 Å². The fourth-order valence-corrected chi connectivity index (χ4v) is 2.77. The topological polar surface area (TPSA) is 49.3 Å². The van der Waals surface area contributed by atoms with Gasteiger partial charge in [0, 0.05) is 0 Å². The molecule has 0 heterocycles. The van der Waals surface area contributed by atoms with E-state index in [1.807, 2.05) is 66.7 Å². The van der Waals surface area contributed by atoms with Gasteiger partial charge in [0.05, 0.1) is 5.92 Å². The van der Waals surface area contributed by atoms with Gasteiger partial charge in [-0.3, -0.25) is 10.0 Å².